The largest absolute Gasteiger partial charge is 0.497 e. The van der Waals surface area contributed by atoms with Crippen LogP contribution in [0, 0.1) is 5.92 Å². The first-order chi connectivity index (χ1) is 13.8. The molecule has 2 N–H and O–H groups in total. The van der Waals surface area contributed by atoms with Gasteiger partial charge in [-0.1, -0.05) is 13.8 Å². The van der Waals surface area contributed by atoms with Gasteiger partial charge in [-0.25, -0.2) is 0 Å². The van der Waals surface area contributed by atoms with E-state index in [1.165, 1.54) is 11.8 Å². The second-order valence-electron chi connectivity index (χ2n) is 7.63. The number of carbonyl (C=O) groups is 3. The topological polar surface area (TPSA) is 95.9 Å². The minimum Gasteiger partial charge on any atom is -0.497 e. The Bertz CT molecular complexity index is 708. The summed E-state index contributed by atoms with van der Waals surface area (Å²) in [5.74, 6) is 0.401. The zero-order chi connectivity index (χ0) is 21.4. The van der Waals surface area contributed by atoms with Crippen LogP contribution in [0.2, 0.25) is 0 Å². The lowest BCUT2D eigenvalue weighted by Crippen LogP contribution is -2.49. The fraction of sp³-hybridized carbons (Fsp3) is 0.571. The molecule has 8 heteroatoms. The molecule has 0 radical (unpaired) electrons. The number of hydrogen-bond donors (Lipinski definition) is 2. The predicted molar refractivity (Wildman–Crippen MR) is 113 cm³/mol. The molecule has 1 aromatic rings. The van der Waals surface area contributed by atoms with Gasteiger partial charge in [0.25, 0.3) is 5.91 Å². The fourth-order valence-corrected chi connectivity index (χ4v) is 4.30. The Morgan fingerprint density at radius 3 is 2.55 bits per heavy atom. The molecule has 2 amide bonds. The van der Waals surface area contributed by atoms with Crippen LogP contribution < -0.4 is 10.1 Å². The van der Waals surface area contributed by atoms with E-state index < -0.39 is 12.0 Å². The van der Waals surface area contributed by atoms with E-state index in [4.69, 9.17) is 9.84 Å². The van der Waals surface area contributed by atoms with E-state index in [2.05, 4.69) is 19.2 Å². The maximum Gasteiger partial charge on any atom is 0.313 e. The smallest absolute Gasteiger partial charge is 0.313 e. The summed E-state index contributed by atoms with van der Waals surface area (Å²) < 4.78 is 5.13. The van der Waals surface area contributed by atoms with Crippen molar-refractivity contribution in [3.8, 4) is 5.75 Å². The molecule has 2 rings (SSSR count). The highest BCUT2D eigenvalue weighted by Crippen LogP contribution is 2.22. The van der Waals surface area contributed by atoms with Crippen LogP contribution in [0.15, 0.2) is 24.3 Å². The average molecular weight is 423 g/mol. The van der Waals surface area contributed by atoms with Crippen LogP contribution in [-0.2, 0) is 9.59 Å². The third-order valence-electron chi connectivity index (χ3n) is 4.80. The maximum atomic E-state index is 12.9. The highest BCUT2D eigenvalue weighted by Gasteiger charge is 2.35. The normalized spacial score (nSPS) is 17.2. The number of amides is 2. The number of carboxylic acid groups (broad SMARTS) is 1. The van der Waals surface area contributed by atoms with Gasteiger partial charge in [-0.3, -0.25) is 14.4 Å². The molecule has 0 aromatic heterocycles. The first-order valence-corrected chi connectivity index (χ1v) is 11.0. The summed E-state index contributed by atoms with van der Waals surface area (Å²) in [4.78, 5) is 38.2. The SMILES string of the molecule is COc1ccc(C(=O)N2CCC[C@H]2C(=O)N[C@H](CSCC(=O)O)CC(C)C)cc1. The molecule has 1 aliphatic rings. The summed E-state index contributed by atoms with van der Waals surface area (Å²) in [6.07, 6.45) is 2.17. The Hall–Kier alpha value is -2.22. The van der Waals surface area contributed by atoms with Gasteiger partial charge < -0.3 is 20.1 Å². The van der Waals surface area contributed by atoms with E-state index in [0.29, 0.717) is 35.9 Å². The number of carbonyl (C=O) groups excluding carboxylic acids is 2. The van der Waals surface area contributed by atoms with Gasteiger partial charge in [0.05, 0.1) is 12.9 Å². The molecular formula is C21H30N2O5S. The highest BCUT2D eigenvalue weighted by molar-refractivity contribution is 7.99. The molecule has 1 heterocycles. The lowest BCUT2D eigenvalue weighted by molar-refractivity contribution is -0.134. The van der Waals surface area contributed by atoms with Crippen LogP contribution in [0.3, 0.4) is 0 Å². The minimum absolute atomic E-state index is 0.00990. The van der Waals surface area contributed by atoms with Gasteiger partial charge in [-0.15, -0.1) is 11.8 Å². The highest BCUT2D eigenvalue weighted by atomic mass is 32.2. The molecule has 7 nitrogen and oxygen atoms in total. The summed E-state index contributed by atoms with van der Waals surface area (Å²) >= 11 is 1.30. The number of rotatable bonds is 10. The van der Waals surface area contributed by atoms with Gasteiger partial charge in [0.2, 0.25) is 5.91 Å². The molecule has 2 atom stereocenters. The van der Waals surface area contributed by atoms with E-state index >= 15 is 0 Å². The Morgan fingerprint density at radius 2 is 1.97 bits per heavy atom. The Kier molecular flexibility index (Phi) is 8.82. The van der Waals surface area contributed by atoms with Crippen molar-refractivity contribution in [3.05, 3.63) is 29.8 Å². The number of benzene rings is 1. The Balaban J connectivity index is 2.02. The third kappa shape index (κ3) is 6.96. The lowest BCUT2D eigenvalue weighted by atomic mass is 10.0. The molecule has 1 aromatic carbocycles. The standard InChI is InChI=1S/C21H30N2O5S/c1-14(2)11-16(12-29-13-19(24)25)22-20(26)18-5-4-10-23(18)21(27)15-6-8-17(28-3)9-7-15/h6-9,14,16,18H,4-5,10-13H2,1-3H3,(H,22,26)(H,24,25)/t16-,18-/m0/s1. The number of thioether (sulfide) groups is 1. The van der Waals surface area contributed by atoms with E-state index in [1.807, 2.05) is 0 Å². The molecule has 1 saturated heterocycles. The van der Waals surface area contributed by atoms with Crippen LogP contribution in [0.1, 0.15) is 43.5 Å². The molecule has 0 bridgehead atoms. The van der Waals surface area contributed by atoms with Gasteiger partial charge in [-0.2, -0.15) is 0 Å². The molecule has 0 saturated carbocycles. The summed E-state index contributed by atoms with van der Waals surface area (Å²) in [5, 5.41) is 11.9. The predicted octanol–water partition coefficient (Wildman–Crippen LogP) is 2.65. The van der Waals surface area contributed by atoms with Gasteiger partial charge in [0, 0.05) is 23.9 Å². The average Bonchev–Trinajstić information content (AvgIpc) is 3.16. The second kappa shape index (κ2) is 11.1. The van der Waals surface area contributed by atoms with Gasteiger partial charge in [0.1, 0.15) is 11.8 Å². The van der Waals surface area contributed by atoms with E-state index in [0.717, 1.165) is 12.8 Å². The monoisotopic (exact) mass is 422 g/mol. The van der Waals surface area contributed by atoms with E-state index in [-0.39, 0.29) is 23.6 Å². The zero-order valence-corrected chi connectivity index (χ0v) is 18.0. The number of nitrogens with one attached hydrogen (secondary N) is 1. The van der Waals surface area contributed by atoms with Crippen molar-refractivity contribution < 1.29 is 24.2 Å². The van der Waals surface area contributed by atoms with Crippen molar-refractivity contribution in [1.82, 2.24) is 10.2 Å². The number of likely N-dealkylation sites (tertiary alicyclic amines) is 1. The molecule has 29 heavy (non-hydrogen) atoms. The number of hydrogen-bond acceptors (Lipinski definition) is 5. The van der Waals surface area contributed by atoms with Crippen LogP contribution in [0.25, 0.3) is 0 Å². The Labute approximate surface area is 176 Å². The number of aliphatic carboxylic acids is 1. The van der Waals surface area contributed by atoms with Crippen molar-refractivity contribution in [2.45, 2.75) is 45.2 Å². The summed E-state index contributed by atoms with van der Waals surface area (Å²) in [6.45, 7) is 4.68. The van der Waals surface area contributed by atoms with E-state index in [9.17, 15) is 14.4 Å². The van der Waals surface area contributed by atoms with Crippen LogP contribution in [0.5, 0.6) is 5.75 Å². The Morgan fingerprint density at radius 1 is 1.28 bits per heavy atom. The molecule has 1 aliphatic heterocycles. The number of nitrogens with zero attached hydrogens (tertiary/aromatic N) is 1. The van der Waals surface area contributed by atoms with Gasteiger partial charge in [-0.05, 0) is 49.4 Å². The van der Waals surface area contributed by atoms with Crippen LogP contribution in [0.4, 0.5) is 0 Å². The van der Waals surface area contributed by atoms with Crippen molar-refractivity contribution in [2.24, 2.45) is 5.92 Å². The summed E-state index contributed by atoms with van der Waals surface area (Å²) in [7, 11) is 1.57. The zero-order valence-electron chi connectivity index (χ0n) is 17.2. The van der Waals surface area contributed by atoms with Crippen LogP contribution in [-0.4, -0.2) is 65.0 Å². The summed E-state index contributed by atoms with van der Waals surface area (Å²) in [5.41, 5.74) is 0.529. The van der Waals surface area contributed by atoms with Crippen molar-refractivity contribution in [1.29, 1.82) is 0 Å². The first kappa shape index (κ1) is 23.1. The van der Waals surface area contributed by atoms with Crippen molar-refractivity contribution in [3.63, 3.8) is 0 Å². The fourth-order valence-electron chi connectivity index (χ4n) is 3.51. The lowest BCUT2D eigenvalue weighted by Gasteiger charge is -2.27. The van der Waals surface area contributed by atoms with Crippen molar-refractivity contribution in [2.75, 3.05) is 25.2 Å². The number of carboxylic acids is 1. The van der Waals surface area contributed by atoms with Gasteiger partial charge >= 0.3 is 5.97 Å². The number of methoxy groups -OCH3 is 1. The summed E-state index contributed by atoms with van der Waals surface area (Å²) in [6, 6.07) is 6.26. The quantitative estimate of drug-likeness (QED) is 0.602. The minimum atomic E-state index is -0.864. The first-order valence-electron chi connectivity index (χ1n) is 9.86. The third-order valence-corrected chi connectivity index (χ3v) is 5.89. The molecular weight excluding hydrogens is 392 g/mol. The second-order valence-corrected chi connectivity index (χ2v) is 8.66. The molecule has 0 aliphatic carbocycles. The molecule has 1 fully saturated rings. The van der Waals surface area contributed by atoms with Gasteiger partial charge in [0.15, 0.2) is 0 Å². The van der Waals surface area contributed by atoms with Crippen LogP contribution >= 0.6 is 11.8 Å². The molecule has 0 spiro atoms. The molecule has 160 valence electrons. The molecule has 0 unspecified atom stereocenters. The van der Waals surface area contributed by atoms with Crippen molar-refractivity contribution >= 4 is 29.5 Å². The van der Waals surface area contributed by atoms with E-state index in [1.54, 1.807) is 36.3 Å². The maximum absolute atomic E-state index is 12.9. The number of ether oxygens (including phenoxy) is 1.